The Labute approximate surface area is 107 Å². The summed E-state index contributed by atoms with van der Waals surface area (Å²) in [5.74, 6) is 0.492. The number of hydrogen-bond donors (Lipinski definition) is 1. The molecule has 0 aromatic carbocycles. The first-order valence-corrected chi connectivity index (χ1v) is 6.41. The van der Waals surface area contributed by atoms with Crippen LogP contribution in [0.4, 0.5) is 13.2 Å². The third-order valence-corrected chi connectivity index (χ3v) is 3.86. The van der Waals surface area contributed by atoms with Crippen LogP contribution in [0.15, 0.2) is 0 Å². The zero-order valence-electron chi connectivity index (χ0n) is 11.3. The zero-order chi connectivity index (χ0) is 13.8. The van der Waals surface area contributed by atoms with E-state index in [0.717, 1.165) is 13.0 Å². The highest BCUT2D eigenvalue weighted by Gasteiger charge is 2.31. The summed E-state index contributed by atoms with van der Waals surface area (Å²) < 4.78 is 40.4. The summed E-state index contributed by atoms with van der Waals surface area (Å²) in [6.45, 7) is 4.77. The molecule has 108 valence electrons. The molecule has 1 aliphatic heterocycles. The van der Waals surface area contributed by atoms with Gasteiger partial charge in [0.25, 0.3) is 0 Å². The summed E-state index contributed by atoms with van der Waals surface area (Å²) in [5, 5.41) is 3.29. The largest absolute Gasteiger partial charge is 0.411 e. The molecule has 18 heavy (non-hydrogen) atoms. The lowest BCUT2D eigenvalue weighted by Crippen LogP contribution is -2.53. The van der Waals surface area contributed by atoms with Gasteiger partial charge >= 0.3 is 6.18 Å². The number of hydrogen-bond acceptors (Lipinski definition) is 3. The molecular formula is C12H23F3N2O. The number of nitrogens with one attached hydrogen (secondary N) is 1. The van der Waals surface area contributed by atoms with Crippen molar-refractivity contribution in [2.75, 3.05) is 33.4 Å². The van der Waals surface area contributed by atoms with Crippen LogP contribution in [0.5, 0.6) is 0 Å². The molecule has 0 amide bonds. The molecule has 3 nitrogen and oxygen atoms in total. The molecule has 3 atom stereocenters. The summed E-state index contributed by atoms with van der Waals surface area (Å²) in [6, 6.07) is 0.859. The molecule has 1 aliphatic rings. The maximum Gasteiger partial charge on any atom is 0.411 e. The zero-order valence-corrected chi connectivity index (χ0v) is 11.3. The Kier molecular flexibility index (Phi) is 5.88. The van der Waals surface area contributed by atoms with Crippen molar-refractivity contribution in [3.63, 3.8) is 0 Å². The fraction of sp³-hybridized carbons (Fsp3) is 1.00. The van der Waals surface area contributed by atoms with Gasteiger partial charge in [-0.2, -0.15) is 13.2 Å². The Balaban J connectivity index is 2.27. The molecule has 0 aliphatic carbocycles. The standard InChI is InChI=1S/C12H23F3N2O/c1-9-10(2)17(5-4-11(9)16-3)6-7-18-8-12(13,14)15/h9-11,16H,4-8H2,1-3H3. The molecule has 1 heterocycles. The fourth-order valence-electron chi connectivity index (χ4n) is 2.53. The lowest BCUT2D eigenvalue weighted by molar-refractivity contribution is -0.175. The molecule has 6 heteroatoms. The van der Waals surface area contributed by atoms with E-state index >= 15 is 0 Å². The van der Waals surface area contributed by atoms with E-state index in [-0.39, 0.29) is 6.61 Å². The van der Waals surface area contributed by atoms with Crippen LogP contribution in [-0.2, 0) is 4.74 Å². The Morgan fingerprint density at radius 2 is 2.00 bits per heavy atom. The van der Waals surface area contributed by atoms with Crippen LogP contribution >= 0.6 is 0 Å². The topological polar surface area (TPSA) is 24.5 Å². The smallest absolute Gasteiger partial charge is 0.371 e. The van der Waals surface area contributed by atoms with Crippen LogP contribution < -0.4 is 5.32 Å². The highest BCUT2D eigenvalue weighted by atomic mass is 19.4. The quantitative estimate of drug-likeness (QED) is 0.771. The van der Waals surface area contributed by atoms with E-state index in [4.69, 9.17) is 0 Å². The van der Waals surface area contributed by atoms with Gasteiger partial charge in [0.15, 0.2) is 0 Å². The molecule has 0 aromatic heterocycles. The number of alkyl halides is 3. The van der Waals surface area contributed by atoms with E-state index in [9.17, 15) is 13.2 Å². The van der Waals surface area contributed by atoms with Gasteiger partial charge in [-0.1, -0.05) is 6.92 Å². The van der Waals surface area contributed by atoms with E-state index in [1.807, 2.05) is 7.05 Å². The minimum Gasteiger partial charge on any atom is -0.371 e. The minimum absolute atomic E-state index is 0.140. The second-order valence-corrected chi connectivity index (χ2v) is 4.99. The van der Waals surface area contributed by atoms with Crippen LogP contribution in [0.2, 0.25) is 0 Å². The van der Waals surface area contributed by atoms with Crippen molar-refractivity contribution in [1.82, 2.24) is 10.2 Å². The van der Waals surface area contributed by atoms with E-state index in [1.165, 1.54) is 0 Å². The molecule has 1 saturated heterocycles. The van der Waals surface area contributed by atoms with Crippen molar-refractivity contribution in [2.45, 2.75) is 38.5 Å². The maximum absolute atomic E-state index is 11.9. The minimum atomic E-state index is -4.22. The van der Waals surface area contributed by atoms with E-state index in [1.54, 1.807) is 0 Å². The molecule has 0 aromatic rings. The highest BCUT2D eigenvalue weighted by Crippen LogP contribution is 2.23. The first-order chi connectivity index (χ1) is 8.35. The third kappa shape index (κ3) is 4.74. The lowest BCUT2D eigenvalue weighted by atomic mass is 9.87. The molecule has 1 fully saturated rings. The second kappa shape index (κ2) is 6.73. The lowest BCUT2D eigenvalue weighted by Gasteiger charge is -2.42. The molecule has 1 N–H and O–H groups in total. The van der Waals surface area contributed by atoms with Crippen molar-refractivity contribution >= 4 is 0 Å². The van der Waals surface area contributed by atoms with Gasteiger partial charge in [0.05, 0.1) is 6.61 Å². The van der Waals surface area contributed by atoms with E-state index in [2.05, 4.69) is 28.8 Å². The molecule has 0 radical (unpaired) electrons. The first kappa shape index (κ1) is 15.7. The third-order valence-electron chi connectivity index (χ3n) is 3.86. The van der Waals surface area contributed by atoms with Crippen LogP contribution in [-0.4, -0.2) is 56.5 Å². The number of nitrogens with zero attached hydrogens (tertiary/aromatic N) is 1. The van der Waals surface area contributed by atoms with Crippen molar-refractivity contribution < 1.29 is 17.9 Å². The van der Waals surface area contributed by atoms with Gasteiger partial charge in [-0.25, -0.2) is 0 Å². The molecule has 3 unspecified atom stereocenters. The predicted octanol–water partition coefficient (Wildman–Crippen LogP) is 1.88. The molecule has 0 bridgehead atoms. The van der Waals surface area contributed by atoms with Gasteiger partial charge in [-0.3, -0.25) is 4.90 Å². The Morgan fingerprint density at radius 1 is 1.33 bits per heavy atom. The predicted molar refractivity (Wildman–Crippen MR) is 64.5 cm³/mol. The fourth-order valence-corrected chi connectivity index (χ4v) is 2.53. The normalized spacial score (nSPS) is 30.7. The average molecular weight is 268 g/mol. The van der Waals surface area contributed by atoms with E-state index < -0.39 is 12.8 Å². The summed E-state index contributed by atoms with van der Waals surface area (Å²) >= 11 is 0. The summed E-state index contributed by atoms with van der Waals surface area (Å²) in [6.07, 6.45) is -3.20. The average Bonchev–Trinajstić information content (AvgIpc) is 2.28. The Bertz CT molecular complexity index is 248. The number of ether oxygens (including phenoxy) is 1. The van der Waals surface area contributed by atoms with Gasteiger partial charge < -0.3 is 10.1 Å². The first-order valence-electron chi connectivity index (χ1n) is 6.41. The van der Waals surface area contributed by atoms with Crippen LogP contribution in [0.3, 0.4) is 0 Å². The van der Waals surface area contributed by atoms with Gasteiger partial charge in [-0.15, -0.1) is 0 Å². The van der Waals surface area contributed by atoms with Gasteiger partial charge in [0.1, 0.15) is 6.61 Å². The summed E-state index contributed by atoms with van der Waals surface area (Å²) in [4.78, 5) is 2.20. The van der Waals surface area contributed by atoms with Gasteiger partial charge in [0, 0.05) is 25.2 Å². The van der Waals surface area contributed by atoms with Crippen molar-refractivity contribution in [3.05, 3.63) is 0 Å². The number of halogens is 3. The SMILES string of the molecule is CNC1CCN(CCOCC(F)(F)F)C(C)C1C. The van der Waals surface area contributed by atoms with Gasteiger partial charge in [0.2, 0.25) is 0 Å². The molecule has 0 spiro atoms. The molecule has 1 rings (SSSR count). The van der Waals surface area contributed by atoms with Crippen LogP contribution in [0.25, 0.3) is 0 Å². The van der Waals surface area contributed by atoms with Crippen LogP contribution in [0, 0.1) is 5.92 Å². The summed E-state index contributed by atoms with van der Waals surface area (Å²) in [7, 11) is 1.95. The van der Waals surface area contributed by atoms with Crippen LogP contribution in [0.1, 0.15) is 20.3 Å². The maximum atomic E-state index is 11.9. The van der Waals surface area contributed by atoms with Crippen molar-refractivity contribution in [2.24, 2.45) is 5.92 Å². The van der Waals surface area contributed by atoms with Gasteiger partial charge in [-0.05, 0) is 26.3 Å². The van der Waals surface area contributed by atoms with Crippen molar-refractivity contribution in [1.29, 1.82) is 0 Å². The van der Waals surface area contributed by atoms with Crippen molar-refractivity contribution in [3.8, 4) is 0 Å². The summed E-state index contributed by atoms with van der Waals surface area (Å²) in [5.41, 5.74) is 0. The second-order valence-electron chi connectivity index (χ2n) is 4.99. The Morgan fingerprint density at radius 3 is 2.56 bits per heavy atom. The number of piperidine rings is 1. The molecular weight excluding hydrogens is 245 g/mol. The molecule has 0 saturated carbocycles. The number of likely N-dealkylation sites (tertiary alicyclic amines) is 1. The monoisotopic (exact) mass is 268 g/mol. The van der Waals surface area contributed by atoms with E-state index in [0.29, 0.717) is 24.5 Å². The highest BCUT2D eigenvalue weighted by molar-refractivity contribution is 4.87. The number of rotatable bonds is 5. The Hall–Kier alpha value is -0.330.